The molecule has 0 aliphatic rings. The van der Waals surface area contributed by atoms with Crippen molar-refractivity contribution in [1.82, 2.24) is 4.98 Å². The van der Waals surface area contributed by atoms with Gasteiger partial charge in [0.25, 0.3) is 0 Å². The lowest BCUT2D eigenvalue weighted by Gasteiger charge is -2.16. The van der Waals surface area contributed by atoms with Gasteiger partial charge in [-0.25, -0.2) is 4.79 Å². The van der Waals surface area contributed by atoms with E-state index in [1.54, 1.807) is 13.2 Å². The van der Waals surface area contributed by atoms with Crippen molar-refractivity contribution in [2.24, 2.45) is 0 Å². The number of carboxylic acid groups (broad SMARTS) is 1. The molecule has 1 heterocycles. The number of aromatic carboxylic acids is 1. The van der Waals surface area contributed by atoms with Crippen LogP contribution in [0.2, 0.25) is 10.0 Å². The normalized spacial score (nSPS) is 10.7. The first kappa shape index (κ1) is 24.4. The number of halogens is 2. The van der Waals surface area contributed by atoms with Crippen molar-refractivity contribution >= 4 is 40.8 Å². The highest BCUT2D eigenvalue weighted by molar-refractivity contribution is 6.37. The van der Waals surface area contributed by atoms with Crippen LogP contribution in [-0.4, -0.2) is 29.1 Å². The highest BCUT2D eigenvalue weighted by atomic mass is 35.5. The molecular formula is C24H22Cl2N2O5. The van der Waals surface area contributed by atoms with Crippen LogP contribution in [0.3, 0.4) is 0 Å². The molecule has 2 N–H and O–H groups in total. The largest absolute Gasteiger partial charge is 0.496 e. The van der Waals surface area contributed by atoms with Gasteiger partial charge in [0.05, 0.1) is 29.1 Å². The van der Waals surface area contributed by atoms with Crippen LogP contribution >= 0.6 is 23.2 Å². The Morgan fingerprint density at radius 3 is 2.39 bits per heavy atom. The Labute approximate surface area is 201 Å². The van der Waals surface area contributed by atoms with Crippen molar-refractivity contribution in [2.45, 2.75) is 26.2 Å². The molecule has 0 radical (unpaired) electrons. The second-order valence-corrected chi connectivity index (χ2v) is 8.36. The van der Waals surface area contributed by atoms with Gasteiger partial charge in [0.2, 0.25) is 5.91 Å². The average molecular weight is 489 g/mol. The van der Waals surface area contributed by atoms with Gasteiger partial charge in [0.15, 0.2) is 5.75 Å². The van der Waals surface area contributed by atoms with Gasteiger partial charge >= 0.3 is 5.97 Å². The monoisotopic (exact) mass is 488 g/mol. The predicted molar refractivity (Wildman–Crippen MR) is 127 cm³/mol. The molecule has 0 spiro atoms. The summed E-state index contributed by atoms with van der Waals surface area (Å²) >= 11 is 12.8. The van der Waals surface area contributed by atoms with E-state index in [0.29, 0.717) is 17.0 Å². The van der Waals surface area contributed by atoms with Crippen LogP contribution in [0.4, 0.5) is 5.69 Å². The molecule has 0 atom stereocenters. The van der Waals surface area contributed by atoms with Gasteiger partial charge in [-0.2, -0.15) is 0 Å². The minimum Gasteiger partial charge on any atom is -0.496 e. The molecule has 172 valence electrons. The number of rotatable bonds is 8. The lowest BCUT2D eigenvalue weighted by atomic mass is 10.0. The van der Waals surface area contributed by atoms with Crippen LogP contribution in [0.15, 0.2) is 48.8 Å². The quantitative estimate of drug-likeness (QED) is 0.392. The van der Waals surface area contributed by atoms with Crippen molar-refractivity contribution in [3.05, 3.63) is 75.5 Å². The summed E-state index contributed by atoms with van der Waals surface area (Å²) in [6, 6.07) is 9.89. The van der Waals surface area contributed by atoms with Crippen LogP contribution in [0, 0.1) is 0 Å². The van der Waals surface area contributed by atoms with Crippen LogP contribution in [0.1, 0.15) is 41.3 Å². The molecule has 0 fully saturated rings. The molecule has 0 saturated carbocycles. The maximum Gasteiger partial charge on any atom is 0.337 e. The third-order valence-corrected chi connectivity index (χ3v) is 5.29. The molecule has 0 bridgehead atoms. The molecular weight excluding hydrogens is 467 g/mol. The van der Waals surface area contributed by atoms with E-state index in [2.05, 4.69) is 10.3 Å². The first-order valence-electron chi connectivity index (χ1n) is 9.99. The van der Waals surface area contributed by atoms with Crippen molar-refractivity contribution in [3.8, 4) is 17.2 Å². The maximum atomic E-state index is 12.4. The summed E-state index contributed by atoms with van der Waals surface area (Å²) in [7, 11) is 1.61. The molecule has 9 heteroatoms. The van der Waals surface area contributed by atoms with Crippen LogP contribution in [-0.2, 0) is 11.2 Å². The van der Waals surface area contributed by atoms with E-state index < -0.39 is 5.97 Å². The number of nitrogens with one attached hydrogen (secondary N) is 1. The average Bonchev–Trinajstić information content (AvgIpc) is 2.76. The number of carboxylic acids is 1. The fourth-order valence-electron chi connectivity index (χ4n) is 3.17. The van der Waals surface area contributed by atoms with Crippen molar-refractivity contribution < 1.29 is 24.2 Å². The summed E-state index contributed by atoms with van der Waals surface area (Å²) in [5.41, 5.74) is 1.83. The van der Waals surface area contributed by atoms with E-state index in [-0.39, 0.29) is 39.6 Å². The Balaban J connectivity index is 1.75. The Bertz CT molecular complexity index is 1170. The minimum atomic E-state index is -1.11. The Morgan fingerprint density at radius 2 is 1.79 bits per heavy atom. The summed E-state index contributed by atoms with van der Waals surface area (Å²) in [4.78, 5) is 27.3. The number of amides is 1. The molecule has 33 heavy (non-hydrogen) atoms. The first-order valence-corrected chi connectivity index (χ1v) is 10.8. The van der Waals surface area contributed by atoms with E-state index in [1.165, 1.54) is 30.6 Å². The van der Waals surface area contributed by atoms with Gasteiger partial charge in [-0.1, -0.05) is 37.0 Å². The Kier molecular flexibility index (Phi) is 7.79. The molecule has 0 aliphatic carbocycles. The zero-order chi connectivity index (χ0) is 24.1. The van der Waals surface area contributed by atoms with E-state index in [4.69, 9.17) is 37.8 Å². The number of methoxy groups -OCH3 is 1. The molecule has 7 nitrogen and oxygen atoms in total. The SMILES string of the molecule is COc1ccc(Oc2c(Cl)cc(NC(=O)Cc3cncc(C(=O)O)c3)cc2Cl)cc1C(C)C. The summed E-state index contributed by atoms with van der Waals surface area (Å²) in [6.45, 7) is 4.10. The number of aromatic nitrogens is 1. The van der Waals surface area contributed by atoms with Crippen molar-refractivity contribution in [3.63, 3.8) is 0 Å². The number of hydrogen-bond donors (Lipinski definition) is 2. The van der Waals surface area contributed by atoms with Crippen molar-refractivity contribution in [2.75, 3.05) is 12.4 Å². The summed E-state index contributed by atoms with van der Waals surface area (Å²) < 4.78 is 11.3. The van der Waals surface area contributed by atoms with E-state index in [9.17, 15) is 9.59 Å². The molecule has 0 saturated heterocycles. The fraction of sp³-hybridized carbons (Fsp3) is 0.208. The number of pyridine rings is 1. The number of carbonyl (C=O) groups is 2. The molecule has 0 aliphatic heterocycles. The standard InChI is InChI=1S/C24H22Cl2N2O5/c1-13(2)18-10-17(4-5-21(18)32-3)33-23-19(25)8-16(9-20(23)26)28-22(29)7-14-6-15(24(30)31)12-27-11-14/h4-6,8-13H,7H2,1-3H3,(H,28,29)(H,30,31). The molecule has 0 unspecified atom stereocenters. The zero-order valence-corrected chi connectivity index (χ0v) is 19.7. The number of hydrogen-bond acceptors (Lipinski definition) is 5. The van der Waals surface area contributed by atoms with Gasteiger partial charge in [0.1, 0.15) is 11.5 Å². The van der Waals surface area contributed by atoms with Gasteiger partial charge in [-0.15, -0.1) is 0 Å². The lowest BCUT2D eigenvalue weighted by Crippen LogP contribution is -2.15. The molecule has 1 amide bonds. The van der Waals surface area contributed by atoms with Crippen LogP contribution < -0.4 is 14.8 Å². The van der Waals surface area contributed by atoms with E-state index >= 15 is 0 Å². The van der Waals surface area contributed by atoms with E-state index in [1.807, 2.05) is 26.0 Å². The number of ether oxygens (including phenoxy) is 2. The maximum absolute atomic E-state index is 12.4. The number of benzene rings is 2. The van der Waals surface area contributed by atoms with Crippen molar-refractivity contribution in [1.29, 1.82) is 0 Å². The number of carbonyl (C=O) groups excluding carboxylic acids is 1. The molecule has 3 aromatic rings. The summed E-state index contributed by atoms with van der Waals surface area (Å²) in [5, 5.41) is 12.2. The zero-order valence-electron chi connectivity index (χ0n) is 18.2. The number of anilines is 1. The highest BCUT2D eigenvalue weighted by Gasteiger charge is 2.15. The second-order valence-electron chi connectivity index (χ2n) is 7.54. The first-order chi connectivity index (χ1) is 15.7. The third-order valence-electron chi connectivity index (χ3n) is 4.73. The van der Waals surface area contributed by atoms with Gasteiger partial charge in [-0.05, 0) is 47.9 Å². The molecule has 2 aromatic carbocycles. The Morgan fingerprint density at radius 1 is 1.09 bits per heavy atom. The predicted octanol–water partition coefficient (Wildman–Crippen LogP) is 6.19. The van der Waals surface area contributed by atoms with E-state index in [0.717, 1.165) is 11.3 Å². The summed E-state index contributed by atoms with van der Waals surface area (Å²) in [5.74, 6) is 0.295. The number of nitrogens with zero attached hydrogens (tertiary/aromatic N) is 1. The van der Waals surface area contributed by atoms with Gasteiger partial charge < -0.3 is 19.9 Å². The third kappa shape index (κ3) is 6.15. The highest BCUT2D eigenvalue weighted by Crippen LogP contribution is 2.40. The molecule has 3 rings (SSSR count). The summed E-state index contributed by atoms with van der Waals surface area (Å²) in [6.07, 6.45) is 2.59. The van der Waals surface area contributed by atoms with Gasteiger partial charge in [-0.3, -0.25) is 9.78 Å². The topological polar surface area (TPSA) is 97.8 Å². The smallest absolute Gasteiger partial charge is 0.337 e. The van der Waals surface area contributed by atoms with Gasteiger partial charge in [0, 0.05) is 23.6 Å². The molecule has 1 aromatic heterocycles. The van der Waals surface area contributed by atoms with Crippen LogP contribution in [0.5, 0.6) is 17.2 Å². The van der Waals surface area contributed by atoms with Crippen LogP contribution in [0.25, 0.3) is 0 Å². The lowest BCUT2D eigenvalue weighted by molar-refractivity contribution is -0.115. The second kappa shape index (κ2) is 10.6. The fourth-order valence-corrected chi connectivity index (χ4v) is 3.73. The minimum absolute atomic E-state index is 0.00652. The Hall–Kier alpha value is -3.29.